The Morgan fingerprint density at radius 3 is 2.55 bits per heavy atom. The number of sulfonamides is 1. The summed E-state index contributed by atoms with van der Waals surface area (Å²) in [5.74, 6) is -0.484. The number of likely N-dealkylation sites (tertiary alicyclic amines) is 1. The second-order valence-corrected chi connectivity index (χ2v) is 10.3. The van der Waals surface area contributed by atoms with E-state index >= 15 is 0 Å². The maximum absolute atomic E-state index is 13.2. The molecule has 2 aromatic rings. The Bertz CT molecular complexity index is 1090. The number of nitrogens with zero attached hydrogens (tertiary/aromatic N) is 2. The Morgan fingerprint density at radius 2 is 1.88 bits per heavy atom. The number of rotatable bonds is 8. The number of benzene rings is 2. The number of hydrogen-bond donors (Lipinski definition) is 0. The lowest BCUT2D eigenvalue weighted by atomic mass is 10.0. The zero-order chi connectivity index (χ0) is 24.0. The standard InChI is InChI=1S/C24H30N2O6S/c1-18-8-7-13-26(15-18)23(27)17-32-24(28)20-11-12-21(31-3)22(14-20)33(29,30)25(2)16-19-9-5-4-6-10-19/h4-6,9-12,14,18H,7-8,13,15-17H2,1-3H3. The van der Waals surface area contributed by atoms with Crippen molar-refractivity contribution in [3.05, 3.63) is 59.7 Å². The smallest absolute Gasteiger partial charge is 0.338 e. The van der Waals surface area contributed by atoms with Crippen molar-refractivity contribution >= 4 is 21.9 Å². The second-order valence-electron chi connectivity index (χ2n) is 8.28. The van der Waals surface area contributed by atoms with Gasteiger partial charge in [-0.3, -0.25) is 4.79 Å². The first-order valence-electron chi connectivity index (χ1n) is 10.9. The van der Waals surface area contributed by atoms with Gasteiger partial charge in [-0.15, -0.1) is 0 Å². The Labute approximate surface area is 195 Å². The van der Waals surface area contributed by atoms with Crippen LogP contribution in [0.5, 0.6) is 5.75 Å². The number of piperidine rings is 1. The van der Waals surface area contributed by atoms with Crippen LogP contribution in [-0.4, -0.2) is 63.4 Å². The second kappa shape index (κ2) is 10.8. The van der Waals surface area contributed by atoms with Gasteiger partial charge in [-0.05, 0) is 42.5 Å². The van der Waals surface area contributed by atoms with E-state index in [2.05, 4.69) is 6.92 Å². The molecule has 0 spiro atoms. The van der Waals surface area contributed by atoms with Crippen molar-refractivity contribution in [2.45, 2.75) is 31.2 Å². The van der Waals surface area contributed by atoms with E-state index in [0.717, 1.165) is 18.4 Å². The Kier molecular flexibility index (Phi) is 8.10. The predicted molar refractivity (Wildman–Crippen MR) is 123 cm³/mol. The third kappa shape index (κ3) is 6.11. The minimum atomic E-state index is -3.97. The van der Waals surface area contributed by atoms with E-state index in [1.165, 1.54) is 36.7 Å². The fraction of sp³-hybridized carbons (Fsp3) is 0.417. The lowest BCUT2D eigenvalue weighted by Crippen LogP contribution is -2.41. The molecule has 1 amide bonds. The molecule has 0 aliphatic carbocycles. The number of methoxy groups -OCH3 is 1. The number of carbonyl (C=O) groups excluding carboxylic acids is 2. The average Bonchev–Trinajstić information content (AvgIpc) is 2.82. The van der Waals surface area contributed by atoms with Gasteiger partial charge in [-0.1, -0.05) is 37.3 Å². The maximum atomic E-state index is 13.2. The average molecular weight is 475 g/mol. The summed E-state index contributed by atoms with van der Waals surface area (Å²) in [4.78, 5) is 26.5. The third-order valence-electron chi connectivity index (χ3n) is 5.67. The minimum Gasteiger partial charge on any atom is -0.495 e. The van der Waals surface area contributed by atoms with Crippen molar-refractivity contribution < 1.29 is 27.5 Å². The van der Waals surface area contributed by atoms with Crippen molar-refractivity contribution in [1.82, 2.24) is 9.21 Å². The number of ether oxygens (including phenoxy) is 2. The highest BCUT2D eigenvalue weighted by Gasteiger charge is 2.27. The SMILES string of the molecule is COc1ccc(C(=O)OCC(=O)N2CCCC(C)C2)cc1S(=O)(=O)N(C)Cc1ccccc1. The first-order chi connectivity index (χ1) is 15.7. The first-order valence-corrected chi connectivity index (χ1v) is 12.3. The molecule has 33 heavy (non-hydrogen) atoms. The molecule has 2 aromatic carbocycles. The van der Waals surface area contributed by atoms with Gasteiger partial charge < -0.3 is 14.4 Å². The van der Waals surface area contributed by atoms with Gasteiger partial charge in [0.05, 0.1) is 12.7 Å². The van der Waals surface area contributed by atoms with Crippen LogP contribution in [0.4, 0.5) is 0 Å². The Hall–Kier alpha value is -2.91. The van der Waals surface area contributed by atoms with E-state index in [-0.39, 0.29) is 35.3 Å². The fourth-order valence-corrected chi connectivity index (χ4v) is 5.15. The molecular formula is C24H30N2O6S. The molecule has 1 fully saturated rings. The number of amides is 1. The normalized spacial score (nSPS) is 16.5. The molecule has 0 aromatic heterocycles. The summed E-state index contributed by atoms with van der Waals surface area (Å²) in [5, 5.41) is 0. The van der Waals surface area contributed by atoms with Crippen molar-refractivity contribution in [1.29, 1.82) is 0 Å². The highest BCUT2D eigenvalue weighted by molar-refractivity contribution is 7.89. The van der Waals surface area contributed by atoms with E-state index in [9.17, 15) is 18.0 Å². The largest absolute Gasteiger partial charge is 0.495 e. The summed E-state index contributed by atoms with van der Waals surface area (Å²) in [5.41, 5.74) is 0.853. The molecule has 0 saturated carbocycles. The van der Waals surface area contributed by atoms with Crippen molar-refractivity contribution in [3.8, 4) is 5.75 Å². The number of hydrogen-bond acceptors (Lipinski definition) is 6. The molecular weight excluding hydrogens is 444 g/mol. The van der Waals surface area contributed by atoms with Crippen LogP contribution in [0.25, 0.3) is 0 Å². The Balaban J connectivity index is 1.74. The van der Waals surface area contributed by atoms with Gasteiger partial charge in [0.1, 0.15) is 10.6 Å². The quantitative estimate of drug-likeness (QED) is 0.546. The molecule has 3 rings (SSSR count). The van der Waals surface area contributed by atoms with Gasteiger partial charge in [0.2, 0.25) is 10.0 Å². The monoisotopic (exact) mass is 474 g/mol. The lowest BCUT2D eigenvalue weighted by Gasteiger charge is -2.30. The summed E-state index contributed by atoms with van der Waals surface area (Å²) in [6.07, 6.45) is 2.00. The molecule has 8 nitrogen and oxygen atoms in total. The molecule has 1 aliphatic heterocycles. The molecule has 1 saturated heterocycles. The van der Waals surface area contributed by atoms with Gasteiger partial charge in [-0.2, -0.15) is 4.31 Å². The molecule has 1 aliphatic rings. The van der Waals surface area contributed by atoms with Gasteiger partial charge in [-0.25, -0.2) is 13.2 Å². The molecule has 9 heteroatoms. The van der Waals surface area contributed by atoms with E-state index in [4.69, 9.17) is 9.47 Å². The van der Waals surface area contributed by atoms with Crippen molar-refractivity contribution in [2.24, 2.45) is 5.92 Å². The summed E-state index contributed by atoms with van der Waals surface area (Å²) < 4.78 is 38.1. The zero-order valence-electron chi connectivity index (χ0n) is 19.2. The number of esters is 1. The summed E-state index contributed by atoms with van der Waals surface area (Å²) in [7, 11) is -1.14. The van der Waals surface area contributed by atoms with Gasteiger partial charge in [0.25, 0.3) is 5.91 Å². The predicted octanol–water partition coefficient (Wildman–Crippen LogP) is 2.93. The van der Waals surface area contributed by atoms with Crippen LogP contribution in [0.3, 0.4) is 0 Å². The minimum absolute atomic E-state index is 0.0299. The molecule has 1 heterocycles. The van der Waals surface area contributed by atoms with Gasteiger partial charge in [0, 0.05) is 26.7 Å². The molecule has 0 bridgehead atoms. The molecule has 1 atom stereocenters. The highest BCUT2D eigenvalue weighted by atomic mass is 32.2. The maximum Gasteiger partial charge on any atom is 0.338 e. The number of carbonyl (C=O) groups is 2. The fourth-order valence-electron chi connectivity index (χ4n) is 3.82. The van der Waals surface area contributed by atoms with Crippen LogP contribution >= 0.6 is 0 Å². The van der Waals surface area contributed by atoms with E-state index in [1.807, 2.05) is 30.3 Å². The molecule has 1 unspecified atom stereocenters. The topological polar surface area (TPSA) is 93.2 Å². The first kappa shape index (κ1) is 24.7. The summed E-state index contributed by atoms with van der Waals surface area (Å²) in [6.45, 7) is 3.16. The van der Waals surface area contributed by atoms with Crippen LogP contribution in [-0.2, 0) is 26.1 Å². The molecule has 0 radical (unpaired) electrons. The van der Waals surface area contributed by atoms with Gasteiger partial charge >= 0.3 is 5.97 Å². The molecule has 178 valence electrons. The van der Waals surface area contributed by atoms with E-state index < -0.39 is 16.0 Å². The summed E-state index contributed by atoms with van der Waals surface area (Å²) in [6, 6.07) is 13.2. The highest BCUT2D eigenvalue weighted by Crippen LogP contribution is 2.28. The van der Waals surface area contributed by atoms with E-state index in [1.54, 1.807) is 4.90 Å². The third-order valence-corrected chi connectivity index (χ3v) is 7.50. The molecule has 0 N–H and O–H groups in total. The lowest BCUT2D eigenvalue weighted by molar-refractivity contribution is -0.136. The van der Waals surface area contributed by atoms with Crippen LogP contribution in [0.1, 0.15) is 35.7 Å². The zero-order valence-corrected chi connectivity index (χ0v) is 20.0. The van der Waals surface area contributed by atoms with Crippen LogP contribution < -0.4 is 4.74 Å². The van der Waals surface area contributed by atoms with Crippen molar-refractivity contribution in [2.75, 3.05) is 33.9 Å². The van der Waals surface area contributed by atoms with Crippen LogP contribution in [0.15, 0.2) is 53.4 Å². The van der Waals surface area contributed by atoms with E-state index in [0.29, 0.717) is 19.0 Å². The van der Waals surface area contributed by atoms with Crippen molar-refractivity contribution in [3.63, 3.8) is 0 Å². The van der Waals surface area contributed by atoms with Crippen LogP contribution in [0, 0.1) is 5.92 Å². The Morgan fingerprint density at radius 1 is 1.15 bits per heavy atom. The van der Waals surface area contributed by atoms with Crippen LogP contribution in [0.2, 0.25) is 0 Å². The van der Waals surface area contributed by atoms with Gasteiger partial charge in [0.15, 0.2) is 6.61 Å². The summed E-state index contributed by atoms with van der Waals surface area (Å²) >= 11 is 0.